The number of fused-ring (bicyclic) bond motifs is 1. The number of aromatic nitrogens is 3. The lowest BCUT2D eigenvalue weighted by Crippen LogP contribution is -2.32. The Morgan fingerprint density at radius 2 is 2.03 bits per heavy atom. The first-order chi connectivity index (χ1) is 15.2. The number of nitrogens with one attached hydrogen (secondary N) is 3. The van der Waals surface area contributed by atoms with Crippen LogP contribution in [0.3, 0.4) is 0 Å². The van der Waals surface area contributed by atoms with Crippen molar-refractivity contribution in [1.29, 1.82) is 0 Å². The fourth-order valence-electron chi connectivity index (χ4n) is 3.36. The predicted molar refractivity (Wildman–Crippen MR) is 116 cm³/mol. The van der Waals surface area contributed by atoms with E-state index in [0.29, 0.717) is 16.9 Å². The number of aromatic amines is 1. The molecule has 2 heterocycles. The summed E-state index contributed by atoms with van der Waals surface area (Å²) in [5.41, 5.74) is -1.08. The van der Waals surface area contributed by atoms with Crippen molar-refractivity contribution in [2.24, 2.45) is 0 Å². The molecule has 0 bridgehead atoms. The summed E-state index contributed by atoms with van der Waals surface area (Å²) in [6, 6.07) is 1.98. The van der Waals surface area contributed by atoms with Crippen molar-refractivity contribution in [2.45, 2.75) is 32.2 Å². The first kappa shape index (κ1) is 22.1. The molecule has 170 valence electrons. The first-order valence-corrected chi connectivity index (χ1v) is 11.5. The van der Waals surface area contributed by atoms with Gasteiger partial charge in [0, 0.05) is 25.8 Å². The van der Waals surface area contributed by atoms with Gasteiger partial charge in [-0.15, -0.1) is 0 Å². The van der Waals surface area contributed by atoms with E-state index in [1.165, 1.54) is 19.6 Å². The second-order valence-corrected chi connectivity index (χ2v) is 9.33. The van der Waals surface area contributed by atoms with E-state index in [1.54, 1.807) is 6.92 Å². The molecule has 1 aromatic carbocycles. The SMILES string of the molecule is CCN(C)S(=O)(=O)Nc1ccc(F)c(C(=O)c2c[nH]c3ncnc(NC4CCC4)c23)c1F. The van der Waals surface area contributed by atoms with Crippen molar-refractivity contribution in [3.63, 3.8) is 0 Å². The standard InChI is InChI=1S/C20H22F2N6O3S/c1-3-28(2)32(30,31)27-14-8-7-13(21)16(17(14)22)18(29)12-9-23-19-15(12)20(25-10-24-19)26-11-5-4-6-11/h7-11,27H,3-6H2,1-2H3,(H2,23,24,25,26). The molecule has 0 radical (unpaired) electrons. The van der Waals surface area contributed by atoms with Gasteiger partial charge < -0.3 is 10.3 Å². The Morgan fingerprint density at radius 1 is 1.28 bits per heavy atom. The van der Waals surface area contributed by atoms with E-state index in [4.69, 9.17) is 0 Å². The van der Waals surface area contributed by atoms with Crippen LogP contribution in [-0.4, -0.2) is 53.1 Å². The van der Waals surface area contributed by atoms with Gasteiger partial charge in [0.2, 0.25) is 5.78 Å². The molecule has 4 rings (SSSR count). The van der Waals surface area contributed by atoms with E-state index < -0.39 is 38.9 Å². The van der Waals surface area contributed by atoms with E-state index in [-0.39, 0.29) is 18.2 Å². The lowest BCUT2D eigenvalue weighted by atomic mass is 9.93. The van der Waals surface area contributed by atoms with Gasteiger partial charge in [-0.05, 0) is 31.4 Å². The molecule has 0 amide bonds. The average Bonchev–Trinajstić information content (AvgIpc) is 3.17. The summed E-state index contributed by atoms with van der Waals surface area (Å²) in [6.07, 6.45) is 5.63. The van der Waals surface area contributed by atoms with Gasteiger partial charge in [-0.25, -0.2) is 18.7 Å². The van der Waals surface area contributed by atoms with Crippen LogP contribution in [0.1, 0.15) is 42.1 Å². The third-order valence-electron chi connectivity index (χ3n) is 5.57. The Labute approximate surface area is 183 Å². The molecule has 9 nitrogen and oxygen atoms in total. The van der Waals surface area contributed by atoms with Gasteiger partial charge >= 0.3 is 10.2 Å². The number of halogens is 2. The molecule has 1 fully saturated rings. The zero-order chi connectivity index (χ0) is 23.0. The van der Waals surface area contributed by atoms with Crippen LogP contribution in [0.15, 0.2) is 24.7 Å². The van der Waals surface area contributed by atoms with E-state index in [1.807, 2.05) is 0 Å². The van der Waals surface area contributed by atoms with Crippen LogP contribution < -0.4 is 10.0 Å². The summed E-state index contributed by atoms with van der Waals surface area (Å²) in [7, 11) is -2.77. The lowest BCUT2D eigenvalue weighted by molar-refractivity contribution is 0.103. The summed E-state index contributed by atoms with van der Waals surface area (Å²) < 4.78 is 57.3. The minimum absolute atomic E-state index is 0.0223. The van der Waals surface area contributed by atoms with Gasteiger partial charge in [-0.3, -0.25) is 9.52 Å². The van der Waals surface area contributed by atoms with Crippen molar-refractivity contribution in [3.8, 4) is 0 Å². The molecule has 1 saturated carbocycles. The Bertz CT molecular complexity index is 1290. The minimum Gasteiger partial charge on any atom is -0.367 e. The Hall–Kier alpha value is -3.12. The third-order valence-corrected chi connectivity index (χ3v) is 7.13. The fourth-order valence-corrected chi connectivity index (χ4v) is 4.29. The normalized spacial score (nSPS) is 14.5. The topological polar surface area (TPSA) is 120 Å². The number of hydrogen-bond acceptors (Lipinski definition) is 6. The third kappa shape index (κ3) is 3.91. The van der Waals surface area contributed by atoms with Crippen LogP contribution >= 0.6 is 0 Å². The van der Waals surface area contributed by atoms with Crippen molar-refractivity contribution in [1.82, 2.24) is 19.3 Å². The molecule has 2 aromatic heterocycles. The van der Waals surface area contributed by atoms with Crippen molar-refractivity contribution >= 4 is 38.5 Å². The zero-order valence-electron chi connectivity index (χ0n) is 17.4. The number of anilines is 2. The molecule has 12 heteroatoms. The van der Waals surface area contributed by atoms with Crippen LogP contribution in [0.4, 0.5) is 20.3 Å². The fraction of sp³-hybridized carbons (Fsp3) is 0.350. The quantitative estimate of drug-likeness (QED) is 0.441. The molecular weight excluding hydrogens is 442 g/mol. The van der Waals surface area contributed by atoms with Crippen molar-refractivity contribution in [2.75, 3.05) is 23.6 Å². The summed E-state index contributed by atoms with van der Waals surface area (Å²) in [4.78, 5) is 24.3. The number of benzene rings is 1. The smallest absolute Gasteiger partial charge is 0.301 e. The average molecular weight is 464 g/mol. The van der Waals surface area contributed by atoms with E-state index in [2.05, 4.69) is 25.0 Å². The van der Waals surface area contributed by atoms with E-state index in [0.717, 1.165) is 35.7 Å². The molecular formula is C20H22F2N6O3S. The highest BCUT2D eigenvalue weighted by atomic mass is 32.2. The van der Waals surface area contributed by atoms with Crippen LogP contribution in [-0.2, 0) is 10.2 Å². The second-order valence-electron chi connectivity index (χ2n) is 7.55. The molecule has 0 atom stereocenters. The molecule has 0 aliphatic heterocycles. The minimum atomic E-state index is -4.07. The van der Waals surface area contributed by atoms with Gasteiger partial charge in [0.05, 0.1) is 22.2 Å². The molecule has 0 unspecified atom stereocenters. The molecule has 1 aliphatic carbocycles. The summed E-state index contributed by atoms with van der Waals surface area (Å²) >= 11 is 0. The van der Waals surface area contributed by atoms with Crippen LogP contribution in [0.5, 0.6) is 0 Å². The highest BCUT2D eigenvalue weighted by molar-refractivity contribution is 7.90. The van der Waals surface area contributed by atoms with Crippen molar-refractivity contribution in [3.05, 3.63) is 47.4 Å². The maximum Gasteiger partial charge on any atom is 0.301 e. The molecule has 3 N–H and O–H groups in total. The van der Waals surface area contributed by atoms with Crippen molar-refractivity contribution < 1.29 is 22.0 Å². The Kier molecular flexibility index (Phi) is 5.82. The number of rotatable bonds is 8. The highest BCUT2D eigenvalue weighted by Crippen LogP contribution is 2.31. The van der Waals surface area contributed by atoms with Gasteiger partial charge in [0.1, 0.15) is 23.6 Å². The number of H-pyrrole nitrogens is 1. The molecule has 0 saturated heterocycles. The number of carbonyl (C=O) groups is 1. The number of carbonyl (C=O) groups excluding carboxylic acids is 1. The Balaban J connectivity index is 1.76. The van der Waals surface area contributed by atoms with Gasteiger partial charge in [0.25, 0.3) is 0 Å². The molecule has 1 aliphatic rings. The first-order valence-electron chi connectivity index (χ1n) is 10.1. The maximum atomic E-state index is 15.2. The Morgan fingerprint density at radius 3 is 2.69 bits per heavy atom. The largest absolute Gasteiger partial charge is 0.367 e. The van der Waals surface area contributed by atoms with Crippen LogP contribution in [0.2, 0.25) is 0 Å². The van der Waals surface area contributed by atoms with Gasteiger partial charge in [0.15, 0.2) is 5.82 Å². The van der Waals surface area contributed by atoms with Gasteiger partial charge in [-0.1, -0.05) is 6.92 Å². The zero-order valence-corrected chi connectivity index (χ0v) is 18.3. The summed E-state index contributed by atoms with van der Waals surface area (Å²) in [5.74, 6) is -2.98. The molecule has 3 aromatic rings. The van der Waals surface area contributed by atoms with Crippen LogP contribution in [0.25, 0.3) is 11.0 Å². The van der Waals surface area contributed by atoms with E-state index in [9.17, 15) is 17.6 Å². The number of ketones is 1. The summed E-state index contributed by atoms with van der Waals surface area (Å²) in [5, 5.41) is 3.56. The second kappa shape index (κ2) is 8.43. The molecule has 0 spiro atoms. The van der Waals surface area contributed by atoms with Gasteiger partial charge in [-0.2, -0.15) is 12.7 Å². The van der Waals surface area contributed by atoms with E-state index >= 15 is 4.39 Å². The summed E-state index contributed by atoms with van der Waals surface area (Å²) in [6.45, 7) is 1.74. The number of nitrogens with zero attached hydrogens (tertiary/aromatic N) is 3. The number of hydrogen-bond donors (Lipinski definition) is 3. The lowest BCUT2D eigenvalue weighted by Gasteiger charge is -2.27. The highest BCUT2D eigenvalue weighted by Gasteiger charge is 2.28. The maximum absolute atomic E-state index is 15.2. The van der Waals surface area contributed by atoms with Crippen LogP contribution in [0, 0.1) is 11.6 Å². The molecule has 32 heavy (non-hydrogen) atoms. The predicted octanol–water partition coefficient (Wildman–Crippen LogP) is 3.04. The monoisotopic (exact) mass is 464 g/mol.